The van der Waals surface area contributed by atoms with E-state index < -0.39 is 12.3 Å². The van der Waals surface area contributed by atoms with Crippen LogP contribution in [0.5, 0.6) is 0 Å². The van der Waals surface area contributed by atoms with Crippen molar-refractivity contribution in [3.8, 4) is 0 Å². The molecule has 0 spiro atoms. The molecule has 0 radical (unpaired) electrons. The highest BCUT2D eigenvalue weighted by molar-refractivity contribution is 5.89. The smallest absolute Gasteiger partial charge is 0.337 e. The number of amides is 5. The minimum absolute atomic E-state index is 0.0249. The number of rotatable bonds is 8. The lowest BCUT2D eigenvalue weighted by Gasteiger charge is -2.49. The highest BCUT2D eigenvalue weighted by Crippen LogP contribution is 2.40. The van der Waals surface area contributed by atoms with Crippen molar-refractivity contribution in [1.82, 2.24) is 30.9 Å². The normalized spacial score (nSPS) is 28.3. The Balaban J connectivity index is 1.81. The number of carbonyl (C=O) groups is 4. The lowest BCUT2D eigenvalue weighted by atomic mass is 9.75. The van der Waals surface area contributed by atoms with E-state index in [2.05, 4.69) is 22.6 Å². The summed E-state index contributed by atoms with van der Waals surface area (Å²) in [5.74, 6) is -0.980. The molecule has 5 amide bonds. The molecule has 3 fully saturated rings. The Bertz CT molecular complexity index is 772. The Morgan fingerprint density at radius 3 is 2.56 bits per heavy atom. The zero-order valence-electron chi connectivity index (χ0n) is 19.5. The molecule has 10 heteroatoms. The average Bonchev–Trinajstić information content (AvgIpc) is 3.05. The van der Waals surface area contributed by atoms with Gasteiger partial charge in [0.1, 0.15) is 6.54 Å². The van der Waals surface area contributed by atoms with Gasteiger partial charge in [0.15, 0.2) is 6.29 Å². The average molecular weight is 449 g/mol. The maximum absolute atomic E-state index is 13.3. The van der Waals surface area contributed by atoms with Gasteiger partial charge in [-0.3, -0.25) is 19.3 Å². The van der Waals surface area contributed by atoms with Crippen LogP contribution in [0.2, 0.25) is 0 Å². The van der Waals surface area contributed by atoms with E-state index >= 15 is 0 Å². The Labute approximate surface area is 189 Å². The minimum Gasteiger partial charge on any atom is -0.353 e. The van der Waals surface area contributed by atoms with Crippen LogP contribution in [-0.4, -0.2) is 76.1 Å². The summed E-state index contributed by atoms with van der Waals surface area (Å²) in [6.07, 6.45) is 3.34. The number of hydrazine groups is 1. The van der Waals surface area contributed by atoms with Gasteiger partial charge in [0, 0.05) is 30.6 Å². The number of urea groups is 1. The second-order valence-corrected chi connectivity index (χ2v) is 9.28. The molecule has 1 saturated carbocycles. The first kappa shape index (κ1) is 24.0. The van der Waals surface area contributed by atoms with Crippen molar-refractivity contribution in [2.24, 2.45) is 11.8 Å². The number of hydrogen-bond donors (Lipinski definition) is 3. The molecule has 2 saturated heterocycles. The molecule has 2 aliphatic heterocycles. The molecule has 0 aromatic carbocycles. The number of nitrogens with one attached hydrogen (secondary N) is 3. The zero-order valence-corrected chi connectivity index (χ0v) is 19.5. The monoisotopic (exact) mass is 448 g/mol. The molecule has 5 unspecified atom stereocenters. The number of hydrogen-bond acceptors (Lipinski definition) is 5. The minimum atomic E-state index is -0.697. The van der Waals surface area contributed by atoms with Crippen LogP contribution >= 0.6 is 0 Å². The Morgan fingerprint density at radius 2 is 1.94 bits per heavy atom. The molecule has 10 nitrogen and oxygen atoms in total. The molecule has 0 bridgehead atoms. The number of carbonyl (C=O) groups excluding carboxylic acids is 4. The molecule has 2 heterocycles. The molecule has 3 aliphatic rings. The van der Waals surface area contributed by atoms with Gasteiger partial charge in [-0.05, 0) is 46.5 Å². The van der Waals surface area contributed by atoms with Gasteiger partial charge in [-0.25, -0.2) is 9.80 Å². The quantitative estimate of drug-likeness (QED) is 0.475. The van der Waals surface area contributed by atoms with Gasteiger partial charge < -0.3 is 15.5 Å². The Hall–Kier alpha value is -2.62. The van der Waals surface area contributed by atoms with Crippen LogP contribution in [0.1, 0.15) is 53.4 Å². The maximum atomic E-state index is 13.3. The van der Waals surface area contributed by atoms with E-state index in [0.29, 0.717) is 19.3 Å². The predicted molar refractivity (Wildman–Crippen MR) is 119 cm³/mol. The van der Waals surface area contributed by atoms with E-state index in [1.54, 1.807) is 15.9 Å². The molecule has 3 N–H and O–H groups in total. The van der Waals surface area contributed by atoms with Crippen molar-refractivity contribution in [1.29, 1.82) is 0 Å². The highest BCUT2D eigenvalue weighted by atomic mass is 16.2. The molecule has 0 aromatic heterocycles. The van der Waals surface area contributed by atoms with E-state index in [9.17, 15) is 19.2 Å². The standard InChI is InChI=1S/C22H36N6O4/c1-6-10-26-20(31)16-9-8-15(19(30)24-14(5)7-2)11-17(16)28-21(26)25-27(22(28)32)12-18(29)23-13(3)4/h6,13-17,21,25H,1,7-12H2,2-5H3,(H,23,29)(H,24,30). The molecular formula is C22H36N6O4. The number of fused-ring (bicyclic) bond motifs is 3. The third kappa shape index (κ3) is 4.74. The second kappa shape index (κ2) is 9.89. The first-order valence-electron chi connectivity index (χ1n) is 11.5. The van der Waals surface area contributed by atoms with Crippen LogP contribution in [0.4, 0.5) is 4.79 Å². The summed E-state index contributed by atoms with van der Waals surface area (Å²) in [5, 5.41) is 7.07. The van der Waals surface area contributed by atoms with Crippen LogP contribution in [-0.2, 0) is 14.4 Å². The summed E-state index contributed by atoms with van der Waals surface area (Å²) < 4.78 is 0. The van der Waals surface area contributed by atoms with E-state index in [-0.39, 0.29) is 60.8 Å². The van der Waals surface area contributed by atoms with Crippen molar-refractivity contribution >= 4 is 23.8 Å². The molecule has 5 atom stereocenters. The maximum Gasteiger partial charge on any atom is 0.337 e. The topological polar surface area (TPSA) is 114 Å². The first-order chi connectivity index (χ1) is 15.2. The van der Waals surface area contributed by atoms with Crippen molar-refractivity contribution in [2.45, 2.75) is 77.8 Å². The van der Waals surface area contributed by atoms with Gasteiger partial charge in [-0.15, -0.1) is 6.58 Å². The van der Waals surface area contributed by atoms with Gasteiger partial charge in [0.2, 0.25) is 17.7 Å². The van der Waals surface area contributed by atoms with Crippen LogP contribution < -0.4 is 16.1 Å². The molecular weight excluding hydrogens is 412 g/mol. The summed E-state index contributed by atoms with van der Waals surface area (Å²) in [6.45, 7) is 11.5. The summed E-state index contributed by atoms with van der Waals surface area (Å²) in [6, 6.07) is -0.718. The first-order valence-corrected chi connectivity index (χ1v) is 11.5. The highest BCUT2D eigenvalue weighted by Gasteiger charge is 2.56. The van der Waals surface area contributed by atoms with Crippen molar-refractivity contribution in [2.75, 3.05) is 13.1 Å². The molecule has 0 aromatic rings. The van der Waals surface area contributed by atoms with Crippen LogP contribution in [0, 0.1) is 11.8 Å². The van der Waals surface area contributed by atoms with E-state index in [4.69, 9.17) is 0 Å². The van der Waals surface area contributed by atoms with Gasteiger partial charge in [-0.1, -0.05) is 13.0 Å². The zero-order chi connectivity index (χ0) is 23.6. The fourth-order valence-corrected chi connectivity index (χ4v) is 4.77. The second-order valence-electron chi connectivity index (χ2n) is 9.28. The van der Waals surface area contributed by atoms with Gasteiger partial charge in [-0.2, -0.15) is 5.43 Å². The molecule has 1 aliphatic carbocycles. The third-order valence-electron chi connectivity index (χ3n) is 6.50. The van der Waals surface area contributed by atoms with Crippen LogP contribution in [0.3, 0.4) is 0 Å². The number of nitrogens with zero attached hydrogens (tertiary/aromatic N) is 3. The fraction of sp³-hybridized carbons (Fsp3) is 0.727. The third-order valence-corrected chi connectivity index (χ3v) is 6.50. The van der Waals surface area contributed by atoms with Crippen LogP contribution in [0.25, 0.3) is 0 Å². The molecule has 178 valence electrons. The van der Waals surface area contributed by atoms with Gasteiger partial charge in [0.25, 0.3) is 0 Å². The summed E-state index contributed by atoms with van der Waals surface area (Å²) in [5.41, 5.74) is 3.04. The van der Waals surface area contributed by atoms with Crippen molar-refractivity contribution < 1.29 is 19.2 Å². The van der Waals surface area contributed by atoms with Gasteiger partial charge >= 0.3 is 6.03 Å². The fourth-order valence-electron chi connectivity index (χ4n) is 4.77. The van der Waals surface area contributed by atoms with Gasteiger partial charge in [0.05, 0.1) is 5.92 Å². The summed E-state index contributed by atoms with van der Waals surface area (Å²) in [7, 11) is 0. The Kier molecular flexibility index (Phi) is 7.43. The van der Waals surface area contributed by atoms with Crippen molar-refractivity contribution in [3.63, 3.8) is 0 Å². The largest absolute Gasteiger partial charge is 0.353 e. The van der Waals surface area contributed by atoms with Crippen molar-refractivity contribution in [3.05, 3.63) is 12.7 Å². The lowest BCUT2D eigenvalue weighted by Crippen LogP contribution is -2.67. The van der Waals surface area contributed by atoms with E-state index in [1.165, 1.54) is 5.01 Å². The Morgan fingerprint density at radius 1 is 1.22 bits per heavy atom. The predicted octanol–water partition coefficient (Wildman–Crippen LogP) is 0.765. The SMILES string of the molecule is C=CCN1C(=O)C2CCC(C(=O)NC(C)CC)CC2N2C(=O)N(CC(=O)NC(C)C)NC12. The van der Waals surface area contributed by atoms with Crippen LogP contribution in [0.15, 0.2) is 12.7 Å². The van der Waals surface area contributed by atoms with E-state index in [1.807, 2.05) is 27.7 Å². The molecule has 3 rings (SSSR count). The van der Waals surface area contributed by atoms with E-state index in [0.717, 1.165) is 6.42 Å². The lowest BCUT2D eigenvalue weighted by molar-refractivity contribution is -0.157. The summed E-state index contributed by atoms with van der Waals surface area (Å²) >= 11 is 0. The molecule has 32 heavy (non-hydrogen) atoms. The summed E-state index contributed by atoms with van der Waals surface area (Å²) in [4.78, 5) is 54.9.